The Hall–Kier alpha value is -4.37. The van der Waals surface area contributed by atoms with Crippen molar-refractivity contribution in [1.82, 2.24) is 9.88 Å². The first-order chi connectivity index (χ1) is 21.7. The van der Waals surface area contributed by atoms with Crippen LogP contribution in [-0.4, -0.2) is 55.3 Å². The summed E-state index contributed by atoms with van der Waals surface area (Å²) in [6.45, 7) is 2.65. The summed E-state index contributed by atoms with van der Waals surface area (Å²) < 4.78 is 46.4. The highest BCUT2D eigenvalue weighted by atomic mass is 19.1. The third kappa shape index (κ3) is 6.83. The molecule has 45 heavy (non-hydrogen) atoms. The number of hydrogen-bond donors (Lipinski definition) is 0. The van der Waals surface area contributed by atoms with Gasteiger partial charge in [-0.3, -0.25) is 14.6 Å². The maximum absolute atomic E-state index is 15.3. The van der Waals surface area contributed by atoms with Crippen LogP contribution in [-0.2, 0) is 22.4 Å². The van der Waals surface area contributed by atoms with Gasteiger partial charge in [0.15, 0.2) is 34.6 Å². The Balaban J connectivity index is 1.15. The number of piperidine rings is 1. The van der Waals surface area contributed by atoms with Crippen molar-refractivity contribution in [3.05, 3.63) is 89.6 Å². The molecule has 6 rings (SSSR count). The second kappa shape index (κ2) is 12.9. The van der Waals surface area contributed by atoms with Gasteiger partial charge in [-0.1, -0.05) is 18.2 Å². The quantitative estimate of drug-likeness (QED) is 0.164. The molecule has 2 fully saturated rings. The number of rotatable bonds is 12. The topological polar surface area (TPSA) is 78.0 Å². The maximum Gasteiger partial charge on any atom is 0.166 e. The molecule has 7 nitrogen and oxygen atoms in total. The van der Waals surface area contributed by atoms with Crippen LogP contribution in [0.3, 0.4) is 0 Å². The summed E-state index contributed by atoms with van der Waals surface area (Å²) in [6, 6.07) is 15.4. The van der Waals surface area contributed by atoms with E-state index < -0.39 is 11.2 Å². The van der Waals surface area contributed by atoms with Crippen molar-refractivity contribution in [2.45, 2.75) is 38.5 Å². The molecule has 1 aromatic heterocycles. The molecule has 0 bridgehead atoms. The predicted molar refractivity (Wildman–Crippen MR) is 166 cm³/mol. The van der Waals surface area contributed by atoms with Crippen LogP contribution in [0.5, 0.6) is 23.0 Å². The number of pyridine rings is 1. The monoisotopic (exact) mass is 614 g/mol. The molecule has 2 heterocycles. The fourth-order valence-electron chi connectivity index (χ4n) is 5.93. The van der Waals surface area contributed by atoms with Crippen molar-refractivity contribution >= 4 is 22.5 Å². The molecule has 0 N–H and O–H groups in total. The number of halogens is 2. The molecular weight excluding hydrogens is 578 g/mol. The number of benzene rings is 3. The summed E-state index contributed by atoms with van der Waals surface area (Å²) in [5, 5.41) is 0.644. The molecule has 9 heteroatoms. The van der Waals surface area contributed by atoms with Gasteiger partial charge in [0.2, 0.25) is 0 Å². The Labute approximate surface area is 261 Å². The van der Waals surface area contributed by atoms with Gasteiger partial charge in [-0.15, -0.1) is 0 Å². The normalized spacial score (nSPS) is 16.4. The van der Waals surface area contributed by atoms with Crippen molar-refractivity contribution in [1.29, 1.82) is 0 Å². The van der Waals surface area contributed by atoms with E-state index in [1.165, 1.54) is 24.3 Å². The highest BCUT2D eigenvalue weighted by molar-refractivity contribution is 6.11. The Morgan fingerprint density at radius 1 is 0.867 bits per heavy atom. The molecule has 1 saturated heterocycles. The minimum atomic E-state index is -1.05. The molecule has 0 amide bonds. The van der Waals surface area contributed by atoms with E-state index in [-0.39, 0.29) is 36.0 Å². The van der Waals surface area contributed by atoms with E-state index in [4.69, 9.17) is 14.2 Å². The number of carbonyl (C=O) groups is 2. The van der Waals surface area contributed by atoms with Crippen LogP contribution in [0.1, 0.15) is 36.8 Å². The molecule has 0 atom stereocenters. The number of Topliss-reactive ketones (excluding diaryl/α,β-unsaturated/α-hetero) is 2. The van der Waals surface area contributed by atoms with Crippen LogP contribution in [0.4, 0.5) is 8.78 Å². The number of nitrogens with zero attached hydrogens (tertiary/aromatic N) is 2. The molecule has 0 radical (unpaired) electrons. The smallest absolute Gasteiger partial charge is 0.166 e. The standard InChI is InChI=1S/C36H36F2N2O5/c1-40-15-10-24(11-16-40)22-44-33-20-27-29(21-32(33)43-2)39-14-9-30(27)45-31-8-5-25(17-28(31)38)19-35(42)36(12-13-36)34(41)18-23-3-6-26(37)7-4-23/h3-9,14,17,20-21,24H,10-13,15-16,18-19,22H2,1-2H3. The Morgan fingerprint density at radius 3 is 2.22 bits per heavy atom. The highest BCUT2D eigenvalue weighted by Crippen LogP contribution is 2.49. The third-order valence-electron chi connectivity index (χ3n) is 8.98. The van der Waals surface area contributed by atoms with Crippen LogP contribution in [0.15, 0.2) is 66.9 Å². The molecule has 0 spiro atoms. The second-order valence-electron chi connectivity index (χ2n) is 12.2. The van der Waals surface area contributed by atoms with Gasteiger partial charge < -0.3 is 19.1 Å². The fraction of sp³-hybridized carbons (Fsp3) is 0.361. The summed E-state index contributed by atoms with van der Waals surface area (Å²) >= 11 is 0. The van der Waals surface area contributed by atoms with E-state index in [1.54, 1.807) is 43.6 Å². The van der Waals surface area contributed by atoms with E-state index in [0.29, 0.717) is 64.6 Å². The second-order valence-corrected chi connectivity index (χ2v) is 12.2. The largest absolute Gasteiger partial charge is 0.493 e. The van der Waals surface area contributed by atoms with Gasteiger partial charge in [-0.25, -0.2) is 8.78 Å². The van der Waals surface area contributed by atoms with E-state index in [1.807, 2.05) is 6.07 Å². The van der Waals surface area contributed by atoms with Crippen molar-refractivity contribution in [3.8, 4) is 23.0 Å². The molecule has 1 saturated carbocycles. The van der Waals surface area contributed by atoms with Crippen LogP contribution in [0, 0.1) is 23.0 Å². The highest BCUT2D eigenvalue weighted by Gasteiger charge is 2.54. The summed E-state index contributed by atoms with van der Waals surface area (Å²) in [4.78, 5) is 33.0. The number of likely N-dealkylation sites (tertiary alicyclic amines) is 1. The van der Waals surface area contributed by atoms with Crippen LogP contribution >= 0.6 is 0 Å². The minimum Gasteiger partial charge on any atom is -0.493 e. The Bertz CT molecular complexity index is 1710. The summed E-state index contributed by atoms with van der Waals surface area (Å²) in [5.74, 6) is 0.555. The zero-order chi connectivity index (χ0) is 31.6. The molecule has 1 aliphatic heterocycles. The molecule has 1 aliphatic carbocycles. The van der Waals surface area contributed by atoms with Crippen LogP contribution < -0.4 is 14.2 Å². The molecule has 0 unspecified atom stereocenters. The van der Waals surface area contributed by atoms with Gasteiger partial charge in [0.05, 0.1) is 24.6 Å². The minimum absolute atomic E-state index is 0.00293. The lowest BCUT2D eigenvalue weighted by atomic mass is 9.88. The van der Waals surface area contributed by atoms with Gasteiger partial charge in [-0.2, -0.15) is 0 Å². The van der Waals surface area contributed by atoms with E-state index in [0.717, 1.165) is 25.9 Å². The number of ether oxygens (including phenoxy) is 3. The molecule has 234 valence electrons. The number of aromatic nitrogens is 1. The summed E-state index contributed by atoms with van der Waals surface area (Å²) in [7, 11) is 3.71. The number of carbonyl (C=O) groups excluding carboxylic acids is 2. The number of methoxy groups -OCH3 is 1. The fourth-order valence-corrected chi connectivity index (χ4v) is 5.93. The zero-order valence-corrected chi connectivity index (χ0v) is 25.5. The average Bonchev–Trinajstić information content (AvgIpc) is 3.85. The van der Waals surface area contributed by atoms with Gasteiger partial charge in [0, 0.05) is 30.5 Å². The first kappa shape index (κ1) is 30.6. The van der Waals surface area contributed by atoms with Crippen molar-refractivity contribution in [2.24, 2.45) is 11.3 Å². The first-order valence-corrected chi connectivity index (χ1v) is 15.3. The van der Waals surface area contributed by atoms with Crippen LogP contribution in [0.2, 0.25) is 0 Å². The van der Waals surface area contributed by atoms with E-state index >= 15 is 4.39 Å². The SMILES string of the molecule is COc1cc2nccc(Oc3ccc(CC(=O)C4(C(=O)Cc5ccc(F)cc5)CC4)cc3F)c2cc1OCC1CCN(C)CC1. The van der Waals surface area contributed by atoms with Crippen LogP contribution in [0.25, 0.3) is 10.9 Å². The van der Waals surface area contributed by atoms with Gasteiger partial charge in [0.1, 0.15) is 11.6 Å². The number of ketones is 2. The average molecular weight is 615 g/mol. The van der Waals surface area contributed by atoms with Crippen molar-refractivity contribution in [2.75, 3.05) is 33.9 Å². The number of hydrogen-bond acceptors (Lipinski definition) is 7. The molecule has 3 aromatic carbocycles. The van der Waals surface area contributed by atoms with Crippen molar-refractivity contribution in [3.63, 3.8) is 0 Å². The van der Waals surface area contributed by atoms with Gasteiger partial charge in [0.25, 0.3) is 0 Å². The lowest BCUT2D eigenvalue weighted by molar-refractivity contribution is -0.133. The Morgan fingerprint density at radius 2 is 1.56 bits per heavy atom. The first-order valence-electron chi connectivity index (χ1n) is 15.3. The third-order valence-corrected chi connectivity index (χ3v) is 8.98. The maximum atomic E-state index is 15.3. The lowest BCUT2D eigenvalue weighted by Gasteiger charge is -2.28. The van der Waals surface area contributed by atoms with Gasteiger partial charge >= 0.3 is 0 Å². The molecule has 2 aliphatic rings. The number of fused-ring (bicyclic) bond motifs is 1. The zero-order valence-electron chi connectivity index (χ0n) is 25.5. The Kier molecular flexibility index (Phi) is 8.81. The lowest BCUT2D eigenvalue weighted by Crippen LogP contribution is -2.32. The summed E-state index contributed by atoms with van der Waals surface area (Å²) in [5.41, 5.74) is 0.675. The van der Waals surface area contributed by atoms with Crippen molar-refractivity contribution < 1.29 is 32.6 Å². The van der Waals surface area contributed by atoms with E-state index in [2.05, 4.69) is 16.9 Å². The van der Waals surface area contributed by atoms with Gasteiger partial charge in [-0.05, 0) is 99.3 Å². The molecule has 4 aromatic rings. The predicted octanol–water partition coefficient (Wildman–Crippen LogP) is 6.74. The van der Waals surface area contributed by atoms with E-state index in [9.17, 15) is 14.0 Å². The summed E-state index contributed by atoms with van der Waals surface area (Å²) in [6.07, 6.45) is 4.65. The molecular formula is C36H36F2N2O5.